The maximum absolute atomic E-state index is 11.9. The van der Waals surface area contributed by atoms with Crippen LogP contribution in [0.15, 0.2) is 11.6 Å². The Kier molecular flexibility index (Phi) is 3.66. The first-order valence-electron chi connectivity index (χ1n) is 7.66. The van der Waals surface area contributed by atoms with Gasteiger partial charge in [-0.3, -0.25) is 9.35 Å². The van der Waals surface area contributed by atoms with Crippen molar-refractivity contribution in [3.05, 3.63) is 11.6 Å². The number of carbonyl (C=O) groups is 1. The molecule has 1 heterocycles. The second kappa shape index (κ2) is 5.04. The third-order valence-electron chi connectivity index (χ3n) is 5.86. The number of carbonyl (C=O) groups excluding carboxylic acids is 1. The maximum Gasteiger partial charge on any atom is 0.397 e. The van der Waals surface area contributed by atoms with E-state index in [2.05, 4.69) is 0 Å². The van der Waals surface area contributed by atoms with Gasteiger partial charge in [0.15, 0.2) is 0 Å². The topological polar surface area (TPSA) is 89.9 Å². The van der Waals surface area contributed by atoms with Crippen LogP contribution in [-0.4, -0.2) is 31.1 Å². The largest absolute Gasteiger partial charge is 0.461 e. The van der Waals surface area contributed by atoms with E-state index in [1.165, 1.54) is 0 Å². The van der Waals surface area contributed by atoms with E-state index in [0.29, 0.717) is 6.42 Å². The third-order valence-corrected chi connectivity index (χ3v) is 6.34. The standard InChI is InChI=1S/C15H22O6S/c1-8-4-5-11(21-22(17,18)19)15(3)7-6-10-9(2)14(16)20-13(10)12(8)15/h4,9-13H,5-7H2,1-3H3,(H,17,18,19)/t9-,10-,11+,12+,13-,15-/m0/s1. The molecule has 2 aliphatic carbocycles. The number of esters is 1. The van der Waals surface area contributed by atoms with Crippen molar-refractivity contribution in [2.45, 2.75) is 52.2 Å². The van der Waals surface area contributed by atoms with Crippen LogP contribution in [0, 0.1) is 23.2 Å². The van der Waals surface area contributed by atoms with Crippen molar-refractivity contribution in [1.29, 1.82) is 0 Å². The molecule has 0 unspecified atom stereocenters. The van der Waals surface area contributed by atoms with Gasteiger partial charge in [0.05, 0.1) is 12.0 Å². The van der Waals surface area contributed by atoms with Gasteiger partial charge in [0.2, 0.25) is 0 Å². The van der Waals surface area contributed by atoms with Gasteiger partial charge in [0, 0.05) is 17.3 Å². The van der Waals surface area contributed by atoms with Crippen molar-refractivity contribution in [3.63, 3.8) is 0 Å². The van der Waals surface area contributed by atoms with Crippen LogP contribution in [0.25, 0.3) is 0 Å². The summed E-state index contributed by atoms with van der Waals surface area (Å²) in [6.45, 7) is 5.85. The smallest absolute Gasteiger partial charge is 0.397 e. The van der Waals surface area contributed by atoms with Crippen molar-refractivity contribution < 1.29 is 26.7 Å². The zero-order valence-corrected chi connectivity index (χ0v) is 13.8. The summed E-state index contributed by atoms with van der Waals surface area (Å²) in [5, 5.41) is 0. The number of fused-ring (bicyclic) bond motifs is 3. The van der Waals surface area contributed by atoms with Gasteiger partial charge in [0.1, 0.15) is 6.10 Å². The van der Waals surface area contributed by atoms with Crippen molar-refractivity contribution >= 4 is 16.4 Å². The van der Waals surface area contributed by atoms with Crippen molar-refractivity contribution in [3.8, 4) is 0 Å². The van der Waals surface area contributed by atoms with Gasteiger partial charge in [0.25, 0.3) is 0 Å². The number of hydrogen-bond acceptors (Lipinski definition) is 5. The van der Waals surface area contributed by atoms with Crippen LogP contribution in [0.4, 0.5) is 0 Å². The van der Waals surface area contributed by atoms with E-state index in [0.717, 1.165) is 18.4 Å². The second-order valence-electron chi connectivity index (χ2n) is 7.07. The molecule has 0 radical (unpaired) electrons. The summed E-state index contributed by atoms with van der Waals surface area (Å²) in [7, 11) is -4.51. The summed E-state index contributed by atoms with van der Waals surface area (Å²) in [6, 6.07) is 0. The molecule has 0 aromatic rings. The average Bonchev–Trinajstić information content (AvgIpc) is 2.67. The van der Waals surface area contributed by atoms with Crippen molar-refractivity contribution in [2.75, 3.05) is 0 Å². The summed E-state index contributed by atoms with van der Waals surface area (Å²) in [5.74, 6) is -0.200. The second-order valence-corrected chi connectivity index (χ2v) is 8.12. The minimum Gasteiger partial charge on any atom is -0.461 e. The minimum absolute atomic E-state index is 0.0688. The Labute approximate surface area is 130 Å². The number of ether oxygens (including phenoxy) is 1. The summed E-state index contributed by atoms with van der Waals surface area (Å²) in [6.07, 6.45) is 3.03. The van der Waals surface area contributed by atoms with E-state index in [1.54, 1.807) is 0 Å². The average molecular weight is 330 g/mol. The molecule has 0 aromatic heterocycles. The van der Waals surface area contributed by atoms with E-state index >= 15 is 0 Å². The molecule has 3 rings (SSSR count). The van der Waals surface area contributed by atoms with E-state index in [9.17, 15) is 13.2 Å². The molecule has 0 bridgehead atoms. The molecule has 0 aromatic carbocycles. The highest BCUT2D eigenvalue weighted by molar-refractivity contribution is 7.80. The lowest BCUT2D eigenvalue weighted by atomic mass is 9.55. The molecule has 1 saturated heterocycles. The predicted molar refractivity (Wildman–Crippen MR) is 78.2 cm³/mol. The first kappa shape index (κ1) is 16.0. The normalized spacial score (nSPS) is 44.8. The molecule has 3 aliphatic rings. The van der Waals surface area contributed by atoms with Crippen LogP contribution < -0.4 is 0 Å². The van der Waals surface area contributed by atoms with E-state index in [1.807, 2.05) is 26.8 Å². The SMILES string of the molecule is CC1=CC[C@@H](OS(=O)(=O)O)[C@]2(C)CC[C@@H]3[C@H](OC(=O)[C@H]3C)[C@@H]12. The van der Waals surface area contributed by atoms with Crippen molar-refractivity contribution in [1.82, 2.24) is 0 Å². The molecule has 6 nitrogen and oxygen atoms in total. The molecule has 0 amide bonds. The Morgan fingerprint density at radius 1 is 1.45 bits per heavy atom. The summed E-state index contributed by atoms with van der Waals surface area (Å²) < 4.78 is 41.9. The number of hydrogen-bond donors (Lipinski definition) is 1. The Morgan fingerprint density at radius 3 is 2.77 bits per heavy atom. The molecule has 1 aliphatic heterocycles. The van der Waals surface area contributed by atoms with E-state index in [4.69, 9.17) is 13.5 Å². The Balaban J connectivity index is 1.97. The lowest BCUT2D eigenvalue weighted by molar-refractivity contribution is -0.150. The molecule has 22 heavy (non-hydrogen) atoms. The molecule has 1 saturated carbocycles. The van der Waals surface area contributed by atoms with Crippen LogP contribution in [0.2, 0.25) is 0 Å². The van der Waals surface area contributed by atoms with Gasteiger partial charge in [-0.2, -0.15) is 8.42 Å². The first-order valence-corrected chi connectivity index (χ1v) is 9.03. The van der Waals surface area contributed by atoms with Gasteiger partial charge in [-0.25, -0.2) is 4.18 Å². The zero-order chi connectivity index (χ0) is 16.3. The Hall–Kier alpha value is -0.920. The Bertz CT molecular complexity index is 624. The number of rotatable bonds is 2. The summed E-state index contributed by atoms with van der Waals surface area (Å²) in [5.41, 5.74) is 0.634. The lowest BCUT2D eigenvalue weighted by Gasteiger charge is -2.52. The summed E-state index contributed by atoms with van der Waals surface area (Å²) in [4.78, 5) is 11.9. The fraction of sp³-hybridized carbons (Fsp3) is 0.800. The quantitative estimate of drug-likeness (QED) is 0.474. The lowest BCUT2D eigenvalue weighted by Crippen LogP contribution is -2.53. The van der Waals surface area contributed by atoms with E-state index < -0.39 is 21.9 Å². The summed E-state index contributed by atoms with van der Waals surface area (Å²) >= 11 is 0. The molecular weight excluding hydrogens is 308 g/mol. The van der Waals surface area contributed by atoms with Gasteiger partial charge in [-0.15, -0.1) is 0 Å². The van der Waals surface area contributed by atoms with Gasteiger partial charge < -0.3 is 4.74 Å². The van der Waals surface area contributed by atoms with Gasteiger partial charge in [-0.1, -0.05) is 25.5 Å². The fourth-order valence-corrected chi connectivity index (χ4v) is 5.24. The molecule has 7 heteroatoms. The van der Waals surface area contributed by atoms with Crippen molar-refractivity contribution in [2.24, 2.45) is 23.2 Å². The monoisotopic (exact) mass is 330 g/mol. The zero-order valence-electron chi connectivity index (χ0n) is 13.0. The highest BCUT2D eigenvalue weighted by atomic mass is 32.3. The van der Waals surface area contributed by atoms with Crippen LogP contribution in [0.3, 0.4) is 0 Å². The van der Waals surface area contributed by atoms with Gasteiger partial charge >= 0.3 is 16.4 Å². The molecule has 6 atom stereocenters. The molecule has 124 valence electrons. The van der Waals surface area contributed by atoms with Crippen LogP contribution in [0.1, 0.15) is 40.0 Å². The third kappa shape index (κ3) is 2.39. The van der Waals surface area contributed by atoms with E-state index in [-0.39, 0.29) is 29.8 Å². The highest BCUT2D eigenvalue weighted by Gasteiger charge is 2.59. The minimum atomic E-state index is -4.51. The van der Waals surface area contributed by atoms with Crippen LogP contribution >= 0.6 is 0 Å². The molecular formula is C15H22O6S. The maximum atomic E-state index is 11.9. The predicted octanol–water partition coefficient (Wildman–Crippen LogP) is 2.12. The molecule has 0 spiro atoms. The van der Waals surface area contributed by atoms with Crippen LogP contribution in [0.5, 0.6) is 0 Å². The Morgan fingerprint density at radius 2 is 2.14 bits per heavy atom. The molecule has 2 fully saturated rings. The highest BCUT2D eigenvalue weighted by Crippen LogP contribution is 2.57. The fourth-order valence-electron chi connectivity index (χ4n) is 4.65. The first-order chi connectivity index (χ1) is 10.1. The van der Waals surface area contributed by atoms with Gasteiger partial charge in [-0.05, 0) is 26.2 Å². The molecule has 1 N–H and O–H groups in total. The van der Waals surface area contributed by atoms with Crippen LogP contribution in [-0.2, 0) is 24.1 Å².